The highest BCUT2D eigenvalue weighted by molar-refractivity contribution is 7.92. The molecule has 1 unspecified atom stereocenters. The summed E-state index contributed by atoms with van der Waals surface area (Å²) in [6, 6.07) is 8.74. The van der Waals surface area contributed by atoms with Crippen LogP contribution in [0.5, 0.6) is 11.5 Å². The highest BCUT2D eigenvalue weighted by atomic mass is 32.2. The first-order valence-electron chi connectivity index (χ1n) is 9.56. The molecule has 0 bridgehead atoms. The van der Waals surface area contributed by atoms with Crippen molar-refractivity contribution in [1.29, 1.82) is 0 Å². The van der Waals surface area contributed by atoms with Crippen molar-refractivity contribution in [1.82, 2.24) is 4.98 Å². The number of unbranched alkanes of at least 4 members (excludes halogenated alkanes) is 1. The van der Waals surface area contributed by atoms with Crippen LogP contribution in [0, 0.1) is 0 Å². The van der Waals surface area contributed by atoms with Gasteiger partial charge in [0.05, 0.1) is 30.8 Å². The van der Waals surface area contributed by atoms with Crippen molar-refractivity contribution in [2.75, 3.05) is 17.2 Å². The van der Waals surface area contributed by atoms with Gasteiger partial charge in [-0.05, 0) is 50.6 Å². The molecule has 0 N–H and O–H groups in total. The number of anilines is 1. The molecule has 28 heavy (non-hydrogen) atoms. The van der Waals surface area contributed by atoms with E-state index in [0.717, 1.165) is 24.2 Å². The number of aromatic nitrogens is 1. The second-order valence-corrected chi connectivity index (χ2v) is 9.61. The molecule has 1 aromatic carbocycles. The summed E-state index contributed by atoms with van der Waals surface area (Å²) in [4.78, 5) is 4.11. The number of fused-ring (bicyclic) bond motifs is 1. The first-order valence-corrected chi connectivity index (χ1v) is 11.4. The van der Waals surface area contributed by atoms with E-state index < -0.39 is 21.7 Å². The number of benzene rings is 1. The molecule has 7 heteroatoms. The van der Waals surface area contributed by atoms with Crippen LogP contribution < -0.4 is 13.8 Å². The molecule has 0 saturated heterocycles. The Labute approximate surface area is 167 Å². The average Bonchev–Trinajstić information content (AvgIpc) is 2.61. The second-order valence-electron chi connectivity index (χ2n) is 7.75. The number of hydrogen-bond acceptors (Lipinski definition) is 5. The molecule has 1 atom stereocenters. The van der Waals surface area contributed by atoms with Crippen molar-refractivity contribution in [2.24, 2.45) is 0 Å². The summed E-state index contributed by atoms with van der Waals surface area (Å²) in [7, 11) is -3.55. The highest BCUT2D eigenvalue weighted by Gasteiger charge is 2.40. The van der Waals surface area contributed by atoms with Gasteiger partial charge in [0.25, 0.3) is 0 Å². The first-order chi connectivity index (χ1) is 13.2. The average molecular weight is 405 g/mol. The zero-order valence-electron chi connectivity index (χ0n) is 16.9. The molecule has 0 radical (unpaired) electrons. The monoisotopic (exact) mass is 404 g/mol. The maximum atomic E-state index is 12.8. The van der Waals surface area contributed by atoms with Gasteiger partial charge in [0.15, 0.2) is 0 Å². The molecular formula is C21H28N2O4S. The molecule has 1 aliphatic heterocycles. The smallest absolute Gasteiger partial charge is 0.232 e. The van der Waals surface area contributed by atoms with Crippen molar-refractivity contribution in [3.05, 3.63) is 48.3 Å². The van der Waals surface area contributed by atoms with Gasteiger partial charge in [0.1, 0.15) is 17.1 Å². The zero-order chi connectivity index (χ0) is 20.4. The van der Waals surface area contributed by atoms with Crippen molar-refractivity contribution in [3.8, 4) is 11.5 Å². The highest BCUT2D eigenvalue weighted by Crippen LogP contribution is 2.46. The van der Waals surface area contributed by atoms with Gasteiger partial charge in [-0.3, -0.25) is 9.29 Å². The molecule has 3 rings (SSSR count). The molecule has 0 saturated carbocycles. The van der Waals surface area contributed by atoms with E-state index in [1.54, 1.807) is 24.5 Å². The molecule has 1 aliphatic rings. The van der Waals surface area contributed by atoms with Gasteiger partial charge in [-0.25, -0.2) is 8.42 Å². The van der Waals surface area contributed by atoms with Gasteiger partial charge in [-0.1, -0.05) is 13.3 Å². The van der Waals surface area contributed by atoms with Crippen LogP contribution in [0.2, 0.25) is 0 Å². The predicted molar refractivity (Wildman–Crippen MR) is 110 cm³/mol. The van der Waals surface area contributed by atoms with Crippen LogP contribution in [-0.4, -0.2) is 31.9 Å². The lowest BCUT2D eigenvalue weighted by Gasteiger charge is -2.42. The van der Waals surface area contributed by atoms with Crippen LogP contribution in [0.1, 0.15) is 51.6 Å². The second kappa shape index (κ2) is 7.99. The Kier molecular flexibility index (Phi) is 5.84. The van der Waals surface area contributed by atoms with Crippen molar-refractivity contribution in [3.63, 3.8) is 0 Å². The van der Waals surface area contributed by atoms with E-state index in [2.05, 4.69) is 11.9 Å². The molecule has 0 spiro atoms. The lowest BCUT2D eigenvalue weighted by atomic mass is 9.89. The number of pyridine rings is 1. The third kappa shape index (κ3) is 4.58. The molecule has 0 aliphatic carbocycles. The lowest BCUT2D eigenvalue weighted by Crippen LogP contribution is -2.43. The largest absolute Gasteiger partial charge is 0.494 e. The van der Waals surface area contributed by atoms with Crippen molar-refractivity contribution >= 4 is 15.7 Å². The normalized spacial score (nSPS) is 18.1. The van der Waals surface area contributed by atoms with Crippen LogP contribution in [0.15, 0.2) is 42.7 Å². The zero-order valence-corrected chi connectivity index (χ0v) is 17.7. The minimum Gasteiger partial charge on any atom is -0.494 e. The standard InChI is InChI=1S/C21H28N2O4S/c1-5-6-12-26-17-9-10-20-18(13-17)19(14-21(2,3)27-20)23(28(4,24)25)16-8-7-11-22-15-16/h7-11,13,15,19H,5-6,12,14H2,1-4H3. The lowest BCUT2D eigenvalue weighted by molar-refractivity contribution is 0.0734. The van der Waals surface area contributed by atoms with Gasteiger partial charge in [0, 0.05) is 18.2 Å². The SMILES string of the molecule is CCCCOc1ccc2c(c1)C(N(c1cccnc1)S(C)(=O)=O)CC(C)(C)O2. The Bertz CT molecular complexity index is 913. The fraction of sp³-hybridized carbons (Fsp3) is 0.476. The number of sulfonamides is 1. The molecule has 2 heterocycles. The Morgan fingerprint density at radius 1 is 1.32 bits per heavy atom. The maximum absolute atomic E-state index is 12.8. The predicted octanol–water partition coefficient (Wildman–Crippen LogP) is 4.33. The Morgan fingerprint density at radius 3 is 2.75 bits per heavy atom. The Morgan fingerprint density at radius 2 is 2.11 bits per heavy atom. The number of hydrogen-bond donors (Lipinski definition) is 0. The third-order valence-corrected chi connectivity index (χ3v) is 5.90. The topological polar surface area (TPSA) is 68.7 Å². The minimum absolute atomic E-state index is 0.410. The number of ether oxygens (including phenoxy) is 2. The Balaban J connectivity index is 2.07. The molecule has 1 aromatic heterocycles. The minimum atomic E-state index is -3.55. The summed E-state index contributed by atoms with van der Waals surface area (Å²) >= 11 is 0. The first kappa shape index (κ1) is 20.5. The van der Waals surface area contributed by atoms with Crippen LogP contribution in [0.3, 0.4) is 0 Å². The van der Waals surface area contributed by atoms with E-state index >= 15 is 0 Å². The summed E-state index contributed by atoms with van der Waals surface area (Å²) < 4.78 is 39.0. The van der Waals surface area contributed by atoms with E-state index in [0.29, 0.717) is 24.5 Å². The van der Waals surface area contributed by atoms with Crippen LogP contribution in [0.4, 0.5) is 5.69 Å². The van der Waals surface area contributed by atoms with E-state index in [4.69, 9.17) is 9.47 Å². The fourth-order valence-corrected chi connectivity index (χ4v) is 4.66. The molecule has 2 aromatic rings. The Hall–Kier alpha value is -2.28. The molecular weight excluding hydrogens is 376 g/mol. The molecule has 0 fully saturated rings. The van der Waals surface area contributed by atoms with E-state index in [1.165, 1.54) is 10.6 Å². The van der Waals surface area contributed by atoms with Gasteiger partial charge < -0.3 is 9.47 Å². The summed E-state index contributed by atoms with van der Waals surface area (Å²) in [5, 5.41) is 0. The van der Waals surface area contributed by atoms with Crippen LogP contribution >= 0.6 is 0 Å². The molecule has 6 nitrogen and oxygen atoms in total. The van der Waals surface area contributed by atoms with Gasteiger partial charge in [-0.15, -0.1) is 0 Å². The van der Waals surface area contributed by atoms with Gasteiger partial charge in [0.2, 0.25) is 10.0 Å². The molecule has 0 amide bonds. The van der Waals surface area contributed by atoms with Crippen molar-refractivity contribution in [2.45, 2.75) is 51.7 Å². The van der Waals surface area contributed by atoms with Gasteiger partial charge in [-0.2, -0.15) is 0 Å². The quantitative estimate of drug-likeness (QED) is 0.643. The van der Waals surface area contributed by atoms with Crippen LogP contribution in [-0.2, 0) is 10.0 Å². The third-order valence-electron chi connectivity index (χ3n) is 4.72. The van der Waals surface area contributed by atoms with E-state index in [1.807, 2.05) is 32.0 Å². The number of rotatable bonds is 7. The van der Waals surface area contributed by atoms with Crippen LogP contribution in [0.25, 0.3) is 0 Å². The maximum Gasteiger partial charge on any atom is 0.232 e. The fourth-order valence-electron chi connectivity index (χ4n) is 3.51. The summed E-state index contributed by atoms with van der Waals surface area (Å²) in [5.74, 6) is 1.40. The van der Waals surface area contributed by atoms with E-state index in [9.17, 15) is 8.42 Å². The molecule has 152 valence electrons. The van der Waals surface area contributed by atoms with E-state index in [-0.39, 0.29) is 0 Å². The summed E-state index contributed by atoms with van der Waals surface area (Å²) in [5.41, 5.74) is 0.839. The summed E-state index contributed by atoms with van der Waals surface area (Å²) in [6.07, 6.45) is 6.96. The van der Waals surface area contributed by atoms with Crippen molar-refractivity contribution < 1.29 is 17.9 Å². The van der Waals surface area contributed by atoms with Gasteiger partial charge >= 0.3 is 0 Å². The summed E-state index contributed by atoms with van der Waals surface area (Å²) in [6.45, 7) is 6.68. The number of nitrogens with zero attached hydrogens (tertiary/aromatic N) is 2.